The minimum absolute atomic E-state index is 0.217. The molecular weight excluding hydrogens is 206 g/mol. The second kappa shape index (κ2) is 5.21. The molecule has 0 saturated heterocycles. The van der Waals surface area contributed by atoms with Gasteiger partial charge in [-0.2, -0.15) is 4.99 Å². The molecule has 0 aromatic rings. The highest BCUT2D eigenvalue weighted by atomic mass is 16.2. The second-order valence-corrected chi connectivity index (χ2v) is 3.89. The molecule has 0 spiro atoms. The molecule has 0 aromatic heterocycles. The molecule has 1 rings (SSSR count). The van der Waals surface area contributed by atoms with Crippen LogP contribution in [-0.2, 0) is 9.59 Å². The Hall–Kier alpha value is -1.23. The monoisotopic (exact) mass is 225 g/mol. The average molecular weight is 225 g/mol. The summed E-state index contributed by atoms with van der Waals surface area (Å²) in [6.45, 7) is 6.83. The van der Waals surface area contributed by atoms with Crippen molar-refractivity contribution in [3.8, 4) is 0 Å². The number of likely N-dealkylation sites (N-methyl/N-ethyl adjacent to an activating group) is 1. The van der Waals surface area contributed by atoms with Gasteiger partial charge in [0.25, 0.3) is 5.91 Å². The van der Waals surface area contributed by atoms with Gasteiger partial charge in [-0.1, -0.05) is 20.8 Å². The number of amidine groups is 1. The quantitative estimate of drug-likeness (QED) is 0.668. The van der Waals surface area contributed by atoms with E-state index < -0.39 is 5.41 Å². The molecule has 16 heavy (non-hydrogen) atoms. The Labute approximate surface area is 95.7 Å². The van der Waals surface area contributed by atoms with E-state index in [4.69, 9.17) is 0 Å². The molecule has 0 aromatic carbocycles. The lowest BCUT2D eigenvalue weighted by atomic mass is 9.79. The van der Waals surface area contributed by atoms with E-state index in [-0.39, 0.29) is 11.8 Å². The van der Waals surface area contributed by atoms with Crippen LogP contribution >= 0.6 is 0 Å². The standard InChI is InChI=1S/C11H19N3O2/c1-4-11(5-2)9(15)13-8(7-12-6-3)14-10(11)16/h12H,4-7H2,1-3H3,(H,13,14,15,16). The largest absolute Gasteiger partial charge is 0.312 e. The molecule has 0 saturated carbocycles. The van der Waals surface area contributed by atoms with Gasteiger partial charge in [0.15, 0.2) is 0 Å². The van der Waals surface area contributed by atoms with Crippen LogP contribution in [0, 0.1) is 5.41 Å². The Kier molecular flexibility index (Phi) is 4.18. The van der Waals surface area contributed by atoms with Gasteiger partial charge in [-0.25, -0.2) is 0 Å². The van der Waals surface area contributed by atoms with Crippen molar-refractivity contribution in [2.75, 3.05) is 13.1 Å². The second-order valence-electron chi connectivity index (χ2n) is 3.89. The molecule has 1 heterocycles. The number of hydrogen-bond donors (Lipinski definition) is 2. The fourth-order valence-electron chi connectivity index (χ4n) is 1.81. The van der Waals surface area contributed by atoms with Crippen LogP contribution in [0.2, 0.25) is 0 Å². The molecule has 0 atom stereocenters. The first-order chi connectivity index (χ1) is 7.60. The van der Waals surface area contributed by atoms with Crippen LogP contribution in [0.15, 0.2) is 4.99 Å². The van der Waals surface area contributed by atoms with Gasteiger partial charge in [0.05, 0.1) is 6.54 Å². The maximum absolute atomic E-state index is 11.9. The topological polar surface area (TPSA) is 70.6 Å². The van der Waals surface area contributed by atoms with Crippen molar-refractivity contribution < 1.29 is 9.59 Å². The molecular formula is C11H19N3O2. The maximum atomic E-state index is 11.9. The van der Waals surface area contributed by atoms with E-state index in [9.17, 15) is 9.59 Å². The molecule has 5 heteroatoms. The van der Waals surface area contributed by atoms with Crippen LogP contribution in [0.1, 0.15) is 33.6 Å². The third-order valence-corrected chi connectivity index (χ3v) is 3.09. The normalized spacial score (nSPS) is 19.3. The Bertz CT molecular complexity index is 319. The molecule has 0 bridgehead atoms. The number of hydrogen-bond acceptors (Lipinski definition) is 3. The molecule has 0 unspecified atom stereocenters. The predicted octanol–water partition coefficient (Wildman–Crippen LogP) is 0.457. The fraction of sp³-hybridized carbons (Fsp3) is 0.727. The van der Waals surface area contributed by atoms with E-state index in [0.29, 0.717) is 25.2 Å². The molecule has 2 amide bonds. The average Bonchev–Trinajstić information content (AvgIpc) is 2.27. The van der Waals surface area contributed by atoms with Gasteiger partial charge < -0.3 is 10.6 Å². The number of aliphatic imine (C=N–C) groups is 1. The predicted molar refractivity (Wildman–Crippen MR) is 62.1 cm³/mol. The first kappa shape index (κ1) is 12.8. The van der Waals surface area contributed by atoms with Crippen molar-refractivity contribution >= 4 is 17.6 Å². The number of amides is 2. The Balaban J connectivity index is 2.88. The van der Waals surface area contributed by atoms with Gasteiger partial charge >= 0.3 is 0 Å². The van der Waals surface area contributed by atoms with Gasteiger partial charge in [0.2, 0.25) is 5.91 Å². The van der Waals surface area contributed by atoms with Crippen LogP contribution in [0.4, 0.5) is 0 Å². The first-order valence-corrected chi connectivity index (χ1v) is 5.74. The van der Waals surface area contributed by atoms with Crippen molar-refractivity contribution in [3.05, 3.63) is 0 Å². The summed E-state index contributed by atoms with van der Waals surface area (Å²) in [5.74, 6) is -0.103. The van der Waals surface area contributed by atoms with Gasteiger partial charge in [-0.15, -0.1) is 0 Å². The molecule has 0 radical (unpaired) electrons. The number of rotatable bonds is 5. The summed E-state index contributed by atoms with van der Waals surface area (Å²) < 4.78 is 0. The van der Waals surface area contributed by atoms with Gasteiger partial charge in [-0.3, -0.25) is 9.59 Å². The molecule has 0 aliphatic carbocycles. The van der Waals surface area contributed by atoms with Crippen molar-refractivity contribution in [1.82, 2.24) is 10.6 Å². The van der Waals surface area contributed by atoms with E-state index in [0.717, 1.165) is 6.54 Å². The fourth-order valence-corrected chi connectivity index (χ4v) is 1.81. The third kappa shape index (κ3) is 2.14. The van der Waals surface area contributed by atoms with E-state index in [1.165, 1.54) is 0 Å². The summed E-state index contributed by atoms with van der Waals surface area (Å²) in [6, 6.07) is 0. The summed E-state index contributed by atoms with van der Waals surface area (Å²) in [5, 5.41) is 5.73. The lowest BCUT2D eigenvalue weighted by Crippen LogP contribution is -2.54. The SMILES string of the molecule is CCNCC1=NC(=O)C(CC)(CC)C(=O)N1. The molecule has 90 valence electrons. The zero-order valence-corrected chi connectivity index (χ0v) is 10.1. The van der Waals surface area contributed by atoms with Crippen LogP contribution in [0.5, 0.6) is 0 Å². The number of carbonyl (C=O) groups excluding carboxylic acids is 2. The van der Waals surface area contributed by atoms with Gasteiger partial charge in [-0.05, 0) is 19.4 Å². The summed E-state index contributed by atoms with van der Waals surface area (Å²) in [6.07, 6.45) is 0.984. The van der Waals surface area contributed by atoms with E-state index >= 15 is 0 Å². The maximum Gasteiger partial charge on any atom is 0.263 e. The Morgan fingerprint density at radius 1 is 1.25 bits per heavy atom. The van der Waals surface area contributed by atoms with Crippen LogP contribution in [-0.4, -0.2) is 30.7 Å². The number of nitrogens with zero attached hydrogens (tertiary/aromatic N) is 1. The van der Waals surface area contributed by atoms with E-state index in [1.54, 1.807) is 0 Å². The summed E-state index contributed by atoms with van der Waals surface area (Å²) >= 11 is 0. The minimum Gasteiger partial charge on any atom is -0.312 e. The highest BCUT2D eigenvalue weighted by Crippen LogP contribution is 2.30. The number of carbonyl (C=O) groups is 2. The summed E-state index contributed by atoms with van der Waals surface area (Å²) in [4.78, 5) is 27.8. The molecule has 2 N–H and O–H groups in total. The van der Waals surface area contributed by atoms with E-state index in [2.05, 4.69) is 15.6 Å². The zero-order chi connectivity index (χ0) is 12.2. The van der Waals surface area contributed by atoms with Gasteiger partial charge in [0.1, 0.15) is 11.3 Å². The summed E-state index contributed by atoms with van der Waals surface area (Å²) in [7, 11) is 0. The summed E-state index contributed by atoms with van der Waals surface area (Å²) in [5.41, 5.74) is -0.949. The Morgan fingerprint density at radius 3 is 2.31 bits per heavy atom. The smallest absolute Gasteiger partial charge is 0.263 e. The van der Waals surface area contributed by atoms with Crippen LogP contribution in [0.3, 0.4) is 0 Å². The highest BCUT2D eigenvalue weighted by Gasteiger charge is 2.45. The van der Waals surface area contributed by atoms with E-state index in [1.807, 2.05) is 20.8 Å². The van der Waals surface area contributed by atoms with Crippen molar-refractivity contribution in [1.29, 1.82) is 0 Å². The molecule has 1 aliphatic heterocycles. The Morgan fingerprint density at radius 2 is 1.88 bits per heavy atom. The minimum atomic E-state index is -0.949. The van der Waals surface area contributed by atoms with Gasteiger partial charge in [0, 0.05) is 0 Å². The van der Waals surface area contributed by atoms with Crippen molar-refractivity contribution in [2.24, 2.45) is 10.4 Å². The lowest BCUT2D eigenvalue weighted by molar-refractivity contribution is -0.142. The number of nitrogens with one attached hydrogen (secondary N) is 2. The molecule has 1 aliphatic rings. The lowest BCUT2D eigenvalue weighted by Gasteiger charge is -2.30. The van der Waals surface area contributed by atoms with Crippen LogP contribution < -0.4 is 10.6 Å². The molecule has 0 fully saturated rings. The zero-order valence-electron chi connectivity index (χ0n) is 10.1. The molecule has 5 nitrogen and oxygen atoms in total. The van der Waals surface area contributed by atoms with Crippen molar-refractivity contribution in [3.63, 3.8) is 0 Å². The van der Waals surface area contributed by atoms with Crippen molar-refractivity contribution in [2.45, 2.75) is 33.6 Å². The highest BCUT2D eigenvalue weighted by molar-refractivity contribution is 6.19. The van der Waals surface area contributed by atoms with Crippen LogP contribution in [0.25, 0.3) is 0 Å². The third-order valence-electron chi connectivity index (χ3n) is 3.09. The first-order valence-electron chi connectivity index (χ1n) is 5.74.